The minimum atomic E-state index is -0.208. The lowest BCUT2D eigenvalue weighted by Crippen LogP contribution is -2.40. The van der Waals surface area contributed by atoms with Crippen LogP contribution in [-0.4, -0.2) is 29.4 Å². The third kappa shape index (κ3) is 6.21. The summed E-state index contributed by atoms with van der Waals surface area (Å²) in [4.78, 5) is 14.8. The van der Waals surface area contributed by atoms with Crippen LogP contribution in [0, 0.1) is 5.92 Å². The van der Waals surface area contributed by atoms with Gasteiger partial charge in [-0.15, -0.1) is 0 Å². The molecule has 0 radical (unpaired) electrons. The number of carbonyl (C=O) groups excluding carboxylic acids is 1. The molecule has 1 amide bonds. The number of likely N-dealkylation sites (tertiary alicyclic amines) is 1. The number of benzene rings is 2. The Hall–Kier alpha value is -2.13. The number of nitrogens with one attached hydrogen (secondary N) is 1. The maximum Gasteiger partial charge on any atom is 0.251 e. The van der Waals surface area contributed by atoms with Crippen LogP contribution in [0.4, 0.5) is 0 Å². The minimum Gasteiger partial charge on any atom is -0.347 e. The number of nitrogens with zero attached hydrogens (tertiary/aromatic N) is 1. The van der Waals surface area contributed by atoms with Crippen molar-refractivity contribution in [3.63, 3.8) is 0 Å². The Morgan fingerprint density at radius 3 is 2.19 bits per heavy atom. The van der Waals surface area contributed by atoms with Gasteiger partial charge >= 0.3 is 0 Å². The molecular weight excluding hydrogens is 332 g/mol. The van der Waals surface area contributed by atoms with Crippen molar-refractivity contribution in [2.75, 3.05) is 13.1 Å². The third-order valence-electron chi connectivity index (χ3n) is 5.19. The van der Waals surface area contributed by atoms with E-state index >= 15 is 0 Å². The van der Waals surface area contributed by atoms with Gasteiger partial charge in [-0.25, -0.2) is 0 Å². The first-order valence-corrected chi connectivity index (χ1v) is 10.1. The van der Waals surface area contributed by atoms with Gasteiger partial charge in [-0.3, -0.25) is 9.69 Å². The van der Waals surface area contributed by atoms with Crippen molar-refractivity contribution in [1.82, 2.24) is 10.2 Å². The molecular formula is C24H32N2O. The smallest absolute Gasteiger partial charge is 0.251 e. The van der Waals surface area contributed by atoms with E-state index in [1.54, 1.807) is 0 Å². The molecule has 0 atom stereocenters. The zero-order chi connectivity index (χ0) is 19.3. The first-order valence-electron chi connectivity index (χ1n) is 10.1. The van der Waals surface area contributed by atoms with Gasteiger partial charge in [0.25, 0.3) is 5.91 Å². The Morgan fingerprint density at radius 2 is 1.59 bits per heavy atom. The van der Waals surface area contributed by atoms with E-state index in [4.69, 9.17) is 0 Å². The van der Waals surface area contributed by atoms with Crippen LogP contribution in [0.5, 0.6) is 0 Å². The average molecular weight is 365 g/mol. The molecule has 0 bridgehead atoms. The van der Waals surface area contributed by atoms with Crippen LogP contribution < -0.4 is 5.32 Å². The second-order valence-corrected chi connectivity index (χ2v) is 8.81. The van der Waals surface area contributed by atoms with Gasteiger partial charge in [0, 0.05) is 17.6 Å². The van der Waals surface area contributed by atoms with Crippen molar-refractivity contribution in [2.24, 2.45) is 5.92 Å². The van der Waals surface area contributed by atoms with E-state index in [0.717, 1.165) is 31.1 Å². The lowest BCUT2D eigenvalue weighted by molar-refractivity contribution is 0.0919. The van der Waals surface area contributed by atoms with Gasteiger partial charge in [0.1, 0.15) is 0 Å². The van der Waals surface area contributed by atoms with E-state index in [-0.39, 0.29) is 11.4 Å². The average Bonchev–Trinajstić information content (AvgIpc) is 2.63. The van der Waals surface area contributed by atoms with Crippen LogP contribution in [0.1, 0.15) is 55.1 Å². The van der Waals surface area contributed by atoms with Crippen LogP contribution >= 0.6 is 0 Å². The summed E-state index contributed by atoms with van der Waals surface area (Å²) < 4.78 is 0. The maximum absolute atomic E-state index is 12.2. The standard InChI is InChI=1S/C24H32N2O/c1-24(2,3)25-23(27)22-11-9-21(10-12-22)18-26-15-13-20(14-16-26)17-19-7-5-4-6-8-19/h4-12,20H,13-18H2,1-3H3,(H,25,27). The van der Waals surface area contributed by atoms with Gasteiger partial charge in [0.2, 0.25) is 0 Å². The number of amides is 1. The highest BCUT2D eigenvalue weighted by molar-refractivity contribution is 5.94. The maximum atomic E-state index is 12.2. The minimum absolute atomic E-state index is 0.00391. The molecule has 3 heteroatoms. The molecule has 1 aliphatic heterocycles. The van der Waals surface area contributed by atoms with E-state index in [1.165, 1.54) is 30.4 Å². The molecule has 0 spiro atoms. The summed E-state index contributed by atoms with van der Waals surface area (Å²) in [6.45, 7) is 9.29. The fraction of sp³-hybridized carbons (Fsp3) is 0.458. The first kappa shape index (κ1) is 19.6. The molecule has 0 aromatic heterocycles. The second-order valence-electron chi connectivity index (χ2n) is 8.81. The fourth-order valence-corrected chi connectivity index (χ4v) is 3.73. The van der Waals surface area contributed by atoms with Crippen LogP contribution in [0.15, 0.2) is 54.6 Å². The summed E-state index contributed by atoms with van der Waals surface area (Å²) in [5, 5.41) is 3.01. The molecule has 1 saturated heterocycles. The zero-order valence-electron chi connectivity index (χ0n) is 16.9. The van der Waals surface area contributed by atoms with Crippen molar-refractivity contribution in [3.8, 4) is 0 Å². The number of hydrogen-bond acceptors (Lipinski definition) is 2. The monoisotopic (exact) mass is 364 g/mol. The summed E-state index contributed by atoms with van der Waals surface area (Å²) >= 11 is 0. The van der Waals surface area contributed by atoms with Gasteiger partial charge < -0.3 is 5.32 Å². The predicted octanol–water partition coefficient (Wildman–Crippen LogP) is 4.67. The van der Waals surface area contributed by atoms with Crippen LogP contribution in [0.3, 0.4) is 0 Å². The van der Waals surface area contributed by atoms with E-state index in [9.17, 15) is 4.79 Å². The number of rotatable bonds is 5. The Morgan fingerprint density at radius 1 is 0.963 bits per heavy atom. The van der Waals surface area contributed by atoms with Gasteiger partial charge in [-0.2, -0.15) is 0 Å². The van der Waals surface area contributed by atoms with E-state index < -0.39 is 0 Å². The summed E-state index contributed by atoms with van der Waals surface area (Å²) in [6.07, 6.45) is 3.73. The van der Waals surface area contributed by atoms with Crippen molar-refractivity contribution in [3.05, 3.63) is 71.3 Å². The quantitative estimate of drug-likeness (QED) is 0.836. The molecule has 1 heterocycles. The van der Waals surface area contributed by atoms with Crippen LogP contribution in [-0.2, 0) is 13.0 Å². The highest BCUT2D eigenvalue weighted by Gasteiger charge is 2.20. The summed E-state index contributed by atoms with van der Waals surface area (Å²) in [5.41, 5.74) is 3.26. The summed E-state index contributed by atoms with van der Waals surface area (Å²) in [7, 11) is 0. The van der Waals surface area contributed by atoms with Crippen molar-refractivity contribution in [1.29, 1.82) is 0 Å². The number of piperidine rings is 1. The molecule has 2 aromatic carbocycles. The third-order valence-corrected chi connectivity index (χ3v) is 5.19. The van der Waals surface area contributed by atoms with Crippen LogP contribution in [0.2, 0.25) is 0 Å². The molecule has 3 rings (SSSR count). The molecule has 2 aromatic rings. The highest BCUT2D eigenvalue weighted by Crippen LogP contribution is 2.23. The lowest BCUT2D eigenvalue weighted by atomic mass is 9.90. The molecule has 27 heavy (non-hydrogen) atoms. The molecule has 1 aliphatic rings. The van der Waals surface area contributed by atoms with Crippen molar-refractivity contribution in [2.45, 2.75) is 52.1 Å². The highest BCUT2D eigenvalue weighted by atomic mass is 16.1. The van der Waals surface area contributed by atoms with E-state index in [1.807, 2.05) is 32.9 Å². The molecule has 144 valence electrons. The Bertz CT molecular complexity index is 723. The normalized spacial score (nSPS) is 16.3. The topological polar surface area (TPSA) is 32.3 Å². The summed E-state index contributed by atoms with van der Waals surface area (Å²) in [5.74, 6) is 0.794. The molecule has 0 aliphatic carbocycles. The van der Waals surface area contributed by atoms with Gasteiger partial charge in [-0.1, -0.05) is 42.5 Å². The van der Waals surface area contributed by atoms with E-state index in [0.29, 0.717) is 0 Å². The molecule has 0 saturated carbocycles. The second kappa shape index (κ2) is 8.71. The zero-order valence-corrected chi connectivity index (χ0v) is 16.9. The lowest BCUT2D eigenvalue weighted by Gasteiger charge is -2.32. The van der Waals surface area contributed by atoms with Gasteiger partial charge in [0.15, 0.2) is 0 Å². The largest absolute Gasteiger partial charge is 0.347 e. The molecule has 0 unspecified atom stereocenters. The molecule has 1 fully saturated rings. The van der Waals surface area contributed by atoms with Gasteiger partial charge in [-0.05, 0) is 82.3 Å². The Labute approximate surface area is 163 Å². The SMILES string of the molecule is CC(C)(C)NC(=O)c1ccc(CN2CCC(Cc3ccccc3)CC2)cc1. The van der Waals surface area contributed by atoms with Gasteiger partial charge in [0.05, 0.1) is 0 Å². The number of hydrogen-bond donors (Lipinski definition) is 1. The summed E-state index contributed by atoms with van der Waals surface area (Å²) in [6, 6.07) is 18.9. The van der Waals surface area contributed by atoms with E-state index in [2.05, 4.69) is 52.7 Å². The Kier molecular flexibility index (Phi) is 6.33. The number of carbonyl (C=O) groups is 1. The molecule has 3 nitrogen and oxygen atoms in total. The van der Waals surface area contributed by atoms with Crippen molar-refractivity contribution < 1.29 is 4.79 Å². The fourth-order valence-electron chi connectivity index (χ4n) is 3.73. The Balaban J connectivity index is 1.47. The van der Waals surface area contributed by atoms with Crippen molar-refractivity contribution >= 4 is 5.91 Å². The molecule has 1 N–H and O–H groups in total. The van der Waals surface area contributed by atoms with Crippen LogP contribution in [0.25, 0.3) is 0 Å². The predicted molar refractivity (Wildman–Crippen MR) is 112 cm³/mol. The first-order chi connectivity index (χ1) is 12.9.